The topological polar surface area (TPSA) is 103 Å². The minimum absolute atomic E-state index is 0.0213. The number of unbranched alkanes of at least 4 members (excludes halogenated alkanes) is 1. The molecule has 4 aromatic rings. The number of carbonyl (C=O) groups is 1. The van der Waals surface area contributed by atoms with Crippen LogP contribution >= 0.6 is 0 Å². The van der Waals surface area contributed by atoms with E-state index in [-0.39, 0.29) is 17.9 Å². The van der Waals surface area contributed by atoms with Gasteiger partial charge in [-0.3, -0.25) is 9.59 Å². The Hall–Kier alpha value is -4.07. The summed E-state index contributed by atoms with van der Waals surface area (Å²) in [7, 11) is 0. The van der Waals surface area contributed by atoms with Crippen molar-refractivity contribution in [1.29, 1.82) is 0 Å². The summed E-state index contributed by atoms with van der Waals surface area (Å²) in [5.74, 6) is 0.150. The number of aromatic amines is 1. The number of rotatable bonds is 10. The molecule has 0 atom stereocenters. The first-order chi connectivity index (χ1) is 17.1. The highest BCUT2D eigenvalue weighted by Crippen LogP contribution is 2.29. The predicted molar refractivity (Wildman–Crippen MR) is 134 cm³/mol. The highest BCUT2D eigenvalue weighted by Gasteiger charge is 2.14. The van der Waals surface area contributed by atoms with Crippen molar-refractivity contribution in [2.75, 3.05) is 6.61 Å². The Balaban J connectivity index is 1.63. The highest BCUT2D eigenvalue weighted by molar-refractivity contribution is 5.80. The Bertz CT molecular complexity index is 1330. The van der Waals surface area contributed by atoms with Crippen LogP contribution in [0.3, 0.4) is 0 Å². The zero-order valence-electron chi connectivity index (χ0n) is 20.0. The van der Waals surface area contributed by atoms with Gasteiger partial charge in [0.1, 0.15) is 0 Å². The molecule has 0 unspecified atom stereocenters. The number of nitrogens with one attached hydrogen (secondary N) is 1. The van der Waals surface area contributed by atoms with Crippen LogP contribution in [0.15, 0.2) is 65.5 Å². The van der Waals surface area contributed by atoms with E-state index in [0.717, 1.165) is 47.2 Å². The quantitative estimate of drug-likeness (QED) is 0.348. The summed E-state index contributed by atoms with van der Waals surface area (Å²) in [6, 6.07) is 19.7. The molecule has 0 aliphatic carbocycles. The molecule has 0 spiro atoms. The Morgan fingerprint density at radius 2 is 1.77 bits per heavy atom. The molecule has 180 valence electrons. The van der Waals surface area contributed by atoms with Crippen LogP contribution in [0.2, 0.25) is 0 Å². The molecular weight excluding hydrogens is 442 g/mol. The van der Waals surface area contributed by atoms with Crippen molar-refractivity contribution in [2.24, 2.45) is 0 Å². The lowest BCUT2D eigenvalue weighted by atomic mass is 9.98. The van der Waals surface area contributed by atoms with Crippen molar-refractivity contribution in [3.63, 3.8) is 0 Å². The van der Waals surface area contributed by atoms with Crippen LogP contribution in [0, 0.1) is 0 Å². The van der Waals surface area contributed by atoms with E-state index in [1.807, 2.05) is 54.6 Å². The van der Waals surface area contributed by atoms with E-state index in [9.17, 15) is 9.59 Å². The molecular formula is C27H29N5O3. The van der Waals surface area contributed by atoms with Crippen molar-refractivity contribution in [1.82, 2.24) is 25.2 Å². The number of aryl methyl sites for hydroxylation is 1. The van der Waals surface area contributed by atoms with Gasteiger partial charge in [0.2, 0.25) is 5.82 Å². The molecule has 8 heteroatoms. The number of tetrazole rings is 1. The average molecular weight is 472 g/mol. The number of aromatic nitrogens is 5. The molecule has 0 aliphatic heterocycles. The highest BCUT2D eigenvalue weighted by atomic mass is 16.5. The SMILES string of the molecule is CCCCc1ccc(CC(=O)OCC)c(=O)n1Cc1ccc(-c2ccccc2-c2nn[nH]n2)cc1. The fourth-order valence-electron chi connectivity index (χ4n) is 4.09. The molecule has 2 heterocycles. The molecule has 4 rings (SSSR count). The minimum atomic E-state index is -0.387. The number of nitrogens with zero attached hydrogens (tertiary/aromatic N) is 4. The Morgan fingerprint density at radius 1 is 1.00 bits per heavy atom. The molecule has 0 aliphatic rings. The first kappa shape index (κ1) is 24.1. The van der Waals surface area contributed by atoms with Crippen molar-refractivity contribution < 1.29 is 9.53 Å². The Labute approximate surface area is 204 Å². The summed E-state index contributed by atoms with van der Waals surface area (Å²) >= 11 is 0. The summed E-state index contributed by atoms with van der Waals surface area (Å²) < 4.78 is 6.83. The van der Waals surface area contributed by atoms with Gasteiger partial charge in [-0.2, -0.15) is 5.21 Å². The largest absolute Gasteiger partial charge is 0.466 e. The molecule has 35 heavy (non-hydrogen) atoms. The predicted octanol–water partition coefficient (Wildman–Crippen LogP) is 4.19. The zero-order chi connectivity index (χ0) is 24.6. The monoisotopic (exact) mass is 471 g/mol. The molecule has 1 N–H and O–H groups in total. The first-order valence-electron chi connectivity index (χ1n) is 11.9. The van der Waals surface area contributed by atoms with E-state index in [2.05, 4.69) is 27.5 Å². The van der Waals surface area contributed by atoms with Gasteiger partial charge in [0.25, 0.3) is 5.56 Å². The van der Waals surface area contributed by atoms with Crippen molar-refractivity contribution in [3.05, 3.63) is 87.8 Å². The Kier molecular flexibility index (Phi) is 7.82. The number of pyridine rings is 1. The third-order valence-electron chi connectivity index (χ3n) is 5.89. The maximum atomic E-state index is 13.3. The van der Waals surface area contributed by atoms with Crippen LogP contribution in [-0.4, -0.2) is 37.8 Å². The first-order valence-corrected chi connectivity index (χ1v) is 11.9. The van der Waals surface area contributed by atoms with Crippen molar-refractivity contribution in [2.45, 2.75) is 46.1 Å². The molecule has 0 bridgehead atoms. The van der Waals surface area contributed by atoms with E-state index < -0.39 is 0 Å². The number of ether oxygens (including phenoxy) is 1. The van der Waals surface area contributed by atoms with E-state index in [1.54, 1.807) is 17.6 Å². The number of hydrogen-bond donors (Lipinski definition) is 1. The molecule has 2 aromatic heterocycles. The summed E-state index contributed by atoms with van der Waals surface area (Å²) in [6.07, 6.45) is 2.81. The van der Waals surface area contributed by atoms with Gasteiger partial charge in [0.05, 0.1) is 19.6 Å². The Morgan fingerprint density at radius 3 is 2.46 bits per heavy atom. The fraction of sp³-hybridized carbons (Fsp3) is 0.296. The molecule has 0 fully saturated rings. The van der Waals surface area contributed by atoms with Gasteiger partial charge in [0.15, 0.2) is 0 Å². The average Bonchev–Trinajstić information content (AvgIpc) is 3.41. The molecule has 8 nitrogen and oxygen atoms in total. The second-order valence-corrected chi connectivity index (χ2v) is 8.30. The number of benzene rings is 2. The number of hydrogen-bond acceptors (Lipinski definition) is 6. The van der Waals surface area contributed by atoms with Crippen LogP contribution in [0.1, 0.15) is 43.5 Å². The van der Waals surface area contributed by atoms with Gasteiger partial charge in [0, 0.05) is 16.8 Å². The molecule has 2 aromatic carbocycles. The van der Waals surface area contributed by atoms with Crippen LogP contribution < -0.4 is 5.56 Å². The van der Waals surface area contributed by atoms with Crippen LogP contribution in [0.5, 0.6) is 0 Å². The van der Waals surface area contributed by atoms with Gasteiger partial charge < -0.3 is 9.30 Å². The minimum Gasteiger partial charge on any atom is -0.466 e. The maximum absolute atomic E-state index is 13.3. The smallest absolute Gasteiger partial charge is 0.310 e. The third kappa shape index (κ3) is 5.71. The normalized spacial score (nSPS) is 10.9. The van der Waals surface area contributed by atoms with E-state index in [0.29, 0.717) is 24.5 Å². The molecule has 0 saturated heterocycles. The summed E-state index contributed by atoms with van der Waals surface area (Å²) in [6.45, 7) is 4.61. The lowest BCUT2D eigenvalue weighted by Crippen LogP contribution is -2.28. The molecule has 0 saturated carbocycles. The summed E-state index contributed by atoms with van der Waals surface area (Å²) in [5.41, 5.74) is 5.18. The summed E-state index contributed by atoms with van der Waals surface area (Å²) in [5, 5.41) is 14.4. The number of esters is 1. The van der Waals surface area contributed by atoms with Crippen molar-refractivity contribution >= 4 is 5.97 Å². The van der Waals surface area contributed by atoms with Gasteiger partial charge >= 0.3 is 5.97 Å². The second kappa shape index (κ2) is 11.4. The standard InChI is InChI=1S/C27H29N5O3/c1-3-5-8-22-16-15-21(17-25(33)35-4-2)27(34)32(22)18-19-11-13-20(14-12-19)23-9-6-7-10-24(23)26-28-30-31-29-26/h6-7,9-16H,3-5,8,17-18H2,1-2H3,(H,28,29,30,31). The fourth-order valence-corrected chi connectivity index (χ4v) is 4.09. The zero-order valence-corrected chi connectivity index (χ0v) is 20.0. The lowest BCUT2D eigenvalue weighted by Gasteiger charge is -2.15. The summed E-state index contributed by atoms with van der Waals surface area (Å²) in [4.78, 5) is 25.3. The lowest BCUT2D eigenvalue weighted by molar-refractivity contribution is -0.142. The van der Waals surface area contributed by atoms with E-state index >= 15 is 0 Å². The third-order valence-corrected chi connectivity index (χ3v) is 5.89. The van der Waals surface area contributed by atoms with E-state index in [1.165, 1.54) is 0 Å². The van der Waals surface area contributed by atoms with Crippen LogP contribution in [0.25, 0.3) is 22.5 Å². The van der Waals surface area contributed by atoms with Gasteiger partial charge in [-0.25, -0.2) is 0 Å². The van der Waals surface area contributed by atoms with Gasteiger partial charge in [-0.15, -0.1) is 10.2 Å². The van der Waals surface area contributed by atoms with Crippen LogP contribution in [-0.2, 0) is 28.9 Å². The van der Waals surface area contributed by atoms with Gasteiger partial charge in [-0.05, 0) is 47.7 Å². The van der Waals surface area contributed by atoms with E-state index in [4.69, 9.17) is 4.74 Å². The second-order valence-electron chi connectivity index (χ2n) is 8.30. The molecule has 0 radical (unpaired) electrons. The molecule has 0 amide bonds. The van der Waals surface area contributed by atoms with Gasteiger partial charge in [-0.1, -0.05) is 67.9 Å². The maximum Gasteiger partial charge on any atom is 0.310 e. The van der Waals surface area contributed by atoms with Crippen LogP contribution in [0.4, 0.5) is 0 Å². The number of carbonyl (C=O) groups excluding carboxylic acids is 1. The van der Waals surface area contributed by atoms with Crippen molar-refractivity contribution in [3.8, 4) is 22.5 Å². The number of H-pyrrole nitrogens is 1.